The SMILES string of the molecule is COC(=O)C(C)Sc1nc2sc(C)c(C)c2c(=O)[nH]1. The number of thioether (sulfide) groups is 1. The van der Waals surface area contributed by atoms with Gasteiger partial charge in [-0.15, -0.1) is 11.3 Å². The Morgan fingerprint density at radius 3 is 2.79 bits per heavy atom. The van der Waals surface area contributed by atoms with Gasteiger partial charge in [0.1, 0.15) is 10.1 Å². The molecule has 0 amide bonds. The number of methoxy groups -OCH3 is 1. The van der Waals surface area contributed by atoms with Gasteiger partial charge in [-0.2, -0.15) is 0 Å². The smallest absolute Gasteiger partial charge is 0.318 e. The summed E-state index contributed by atoms with van der Waals surface area (Å²) >= 11 is 2.67. The lowest BCUT2D eigenvalue weighted by Gasteiger charge is -2.07. The van der Waals surface area contributed by atoms with Gasteiger partial charge in [0.2, 0.25) is 0 Å². The zero-order chi connectivity index (χ0) is 14.2. The van der Waals surface area contributed by atoms with Crippen LogP contribution in [0.2, 0.25) is 0 Å². The van der Waals surface area contributed by atoms with Crippen molar-refractivity contribution in [2.45, 2.75) is 31.2 Å². The van der Waals surface area contributed by atoms with Crippen molar-refractivity contribution >= 4 is 39.3 Å². The summed E-state index contributed by atoms with van der Waals surface area (Å²) in [6.45, 7) is 5.59. The van der Waals surface area contributed by atoms with E-state index in [0.717, 1.165) is 10.4 Å². The van der Waals surface area contributed by atoms with E-state index in [2.05, 4.69) is 14.7 Å². The quantitative estimate of drug-likeness (QED) is 0.534. The number of carbonyl (C=O) groups is 1. The normalized spacial score (nSPS) is 12.6. The molecule has 0 aromatic carbocycles. The van der Waals surface area contributed by atoms with Crippen molar-refractivity contribution < 1.29 is 9.53 Å². The highest BCUT2D eigenvalue weighted by Gasteiger charge is 2.18. The summed E-state index contributed by atoms with van der Waals surface area (Å²) in [6.07, 6.45) is 0. The summed E-state index contributed by atoms with van der Waals surface area (Å²) in [5.74, 6) is -0.341. The van der Waals surface area contributed by atoms with Crippen molar-refractivity contribution in [3.63, 3.8) is 0 Å². The third-order valence-electron chi connectivity index (χ3n) is 2.84. The predicted octanol–water partition coefficient (Wildman–Crippen LogP) is 2.26. The molecule has 0 bridgehead atoms. The first-order valence-corrected chi connectivity index (χ1v) is 7.38. The van der Waals surface area contributed by atoms with Crippen LogP contribution in [0.5, 0.6) is 0 Å². The molecule has 0 saturated heterocycles. The van der Waals surface area contributed by atoms with Crippen LogP contribution in [0.15, 0.2) is 9.95 Å². The summed E-state index contributed by atoms with van der Waals surface area (Å²) in [6, 6.07) is 0. The third kappa shape index (κ3) is 2.66. The molecule has 0 aliphatic rings. The number of nitrogens with zero attached hydrogens (tertiary/aromatic N) is 1. The molecule has 2 heterocycles. The van der Waals surface area contributed by atoms with Crippen molar-refractivity contribution in [3.05, 3.63) is 20.8 Å². The van der Waals surface area contributed by atoms with Crippen LogP contribution in [0.4, 0.5) is 0 Å². The second-order valence-corrected chi connectivity index (χ2v) is 6.65. The monoisotopic (exact) mass is 298 g/mol. The Labute approximate surface area is 118 Å². The number of rotatable bonds is 3. The largest absolute Gasteiger partial charge is 0.468 e. The first-order valence-electron chi connectivity index (χ1n) is 5.68. The van der Waals surface area contributed by atoms with Crippen LogP contribution in [0.3, 0.4) is 0 Å². The van der Waals surface area contributed by atoms with Crippen LogP contribution >= 0.6 is 23.1 Å². The summed E-state index contributed by atoms with van der Waals surface area (Å²) in [7, 11) is 1.34. The molecule has 0 saturated carbocycles. The molecule has 1 unspecified atom stereocenters. The van der Waals surface area contributed by atoms with Crippen LogP contribution in [0.25, 0.3) is 10.2 Å². The van der Waals surface area contributed by atoms with Crippen LogP contribution < -0.4 is 5.56 Å². The molecule has 0 aliphatic carbocycles. The van der Waals surface area contributed by atoms with Gasteiger partial charge >= 0.3 is 5.97 Å². The fourth-order valence-corrected chi connectivity index (χ4v) is 3.58. The van der Waals surface area contributed by atoms with Gasteiger partial charge in [-0.3, -0.25) is 9.59 Å². The van der Waals surface area contributed by atoms with E-state index < -0.39 is 5.25 Å². The predicted molar refractivity (Wildman–Crippen MR) is 77.0 cm³/mol. The molecule has 2 aromatic heterocycles. The lowest BCUT2D eigenvalue weighted by atomic mass is 10.2. The summed E-state index contributed by atoms with van der Waals surface area (Å²) in [5.41, 5.74) is 0.803. The fraction of sp³-hybridized carbons (Fsp3) is 0.417. The van der Waals surface area contributed by atoms with Gasteiger partial charge in [0.05, 0.1) is 12.5 Å². The Morgan fingerprint density at radius 1 is 1.47 bits per heavy atom. The van der Waals surface area contributed by atoms with E-state index >= 15 is 0 Å². The highest BCUT2D eigenvalue weighted by atomic mass is 32.2. The van der Waals surface area contributed by atoms with Gasteiger partial charge < -0.3 is 9.72 Å². The van der Waals surface area contributed by atoms with Gasteiger partial charge in [0.15, 0.2) is 5.16 Å². The van der Waals surface area contributed by atoms with Crippen molar-refractivity contribution in [2.24, 2.45) is 0 Å². The molecule has 2 rings (SSSR count). The van der Waals surface area contributed by atoms with Crippen LogP contribution in [-0.2, 0) is 9.53 Å². The Bertz CT molecular complexity index is 690. The number of thiophene rings is 1. The number of hydrogen-bond donors (Lipinski definition) is 1. The molecule has 102 valence electrons. The van der Waals surface area contributed by atoms with E-state index in [4.69, 9.17) is 0 Å². The molecular weight excluding hydrogens is 284 g/mol. The van der Waals surface area contributed by atoms with E-state index in [1.807, 2.05) is 13.8 Å². The van der Waals surface area contributed by atoms with E-state index in [0.29, 0.717) is 15.4 Å². The number of hydrogen-bond acceptors (Lipinski definition) is 6. The third-order valence-corrected chi connectivity index (χ3v) is 4.90. The second-order valence-electron chi connectivity index (χ2n) is 4.12. The molecule has 1 N–H and O–H groups in total. The molecule has 0 spiro atoms. The van der Waals surface area contributed by atoms with Gasteiger partial charge in [-0.1, -0.05) is 11.8 Å². The molecule has 0 radical (unpaired) electrons. The van der Waals surface area contributed by atoms with E-state index in [-0.39, 0.29) is 11.5 Å². The number of aryl methyl sites for hydroxylation is 2. The van der Waals surface area contributed by atoms with Gasteiger partial charge in [-0.05, 0) is 26.3 Å². The summed E-state index contributed by atoms with van der Waals surface area (Å²) < 4.78 is 4.65. The Balaban J connectivity index is 2.42. The van der Waals surface area contributed by atoms with E-state index in [1.165, 1.54) is 30.2 Å². The molecule has 5 nitrogen and oxygen atoms in total. The Hall–Kier alpha value is -1.34. The van der Waals surface area contributed by atoms with Crippen molar-refractivity contribution in [1.82, 2.24) is 9.97 Å². The number of aromatic amines is 1. The summed E-state index contributed by atoms with van der Waals surface area (Å²) in [4.78, 5) is 32.3. The van der Waals surface area contributed by atoms with Crippen molar-refractivity contribution in [2.75, 3.05) is 7.11 Å². The lowest BCUT2D eigenvalue weighted by Crippen LogP contribution is -2.16. The molecule has 0 aliphatic heterocycles. The average Bonchev–Trinajstić information content (AvgIpc) is 2.64. The number of ether oxygens (including phenoxy) is 1. The fourth-order valence-electron chi connectivity index (χ4n) is 1.67. The second kappa shape index (κ2) is 5.34. The molecule has 1 atom stereocenters. The zero-order valence-electron chi connectivity index (χ0n) is 11.1. The standard InChI is InChI=1S/C12H14N2O3S2/c1-5-6(2)18-10-8(5)9(15)13-12(14-10)19-7(3)11(16)17-4/h7H,1-4H3,(H,13,14,15). The molecule has 0 fully saturated rings. The Morgan fingerprint density at radius 2 is 2.16 bits per heavy atom. The molecule has 2 aromatic rings. The van der Waals surface area contributed by atoms with Gasteiger partial charge in [-0.25, -0.2) is 4.98 Å². The molecule has 7 heteroatoms. The zero-order valence-corrected chi connectivity index (χ0v) is 12.7. The number of aromatic nitrogens is 2. The van der Waals surface area contributed by atoms with Crippen LogP contribution in [0, 0.1) is 13.8 Å². The number of esters is 1. The maximum atomic E-state index is 12.0. The van der Waals surface area contributed by atoms with Crippen molar-refractivity contribution in [1.29, 1.82) is 0 Å². The average molecular weight is 298 g/mol. The maximum Gasteiger partial charge on any atom is 0.318 e. The van der Waals surface area contributed by atoms with Gasteiger partial charge in [0, 0.05) is 4.88 Å². The first-order chi connectivity index (χ1) is 8.93. The minimum absolute atomic E-state index is 0.161. The summed E-state index contributed by atoms with van der Waals surface area (Å²) in [5, 5.41) is 0.668. The lowest BCUT2D eigenvalue weighted by molar-refractivity contribution is -0.139. The number of carbonyl (C=O) groups excluding carboxylic acids is 1. The van der Waals surface area contributed by atoms with Crippen molar-refractivity contribution in [3.8, 4) is 0 Å². The Kier molecular flexibility index (Phi) is 3.96. The number of fused-ring (bicyclic) bond motifs is 1. The maximum absolute atomic E-state index is 12.0. The minimum atomic E-state index is -0.409. The molecule has 19 heavy (non-hydrogen) atoms. The highest BCUT2D eigenvalue weighted by molar-refractivity contribution is 8.00. The van der Waals surface area contributed by atoms with E-state index in [9.17, 15) is 9.59 Å². The number of H-pyrrole nitrogens is 1. The van der Waals surface area contributed by atoms with E-state index in [1.54, 1.807) is 6.92 Å². The highest BCUT2D eigenvalue weighted by Crippen LogP contribution is 2.28. The minimum Gasteiger partial charge on any atom is -0.468 e. The first kappa shape index (κ1) is 14.1. The number of nitrogens with one attached hydrogen (secondary N) is 1. The molecular formula is C12H14N2O3S2. The van der Waals surface area contributed by atoms with Crippen LogP contribution in [0.1, 0.15) is 17.4 Å². The topological polar surface area (TPSA) is 72.0 Å². The van der Waals surface area contributed by atoms with Crippen LogP contribution in [-0.4, -0.2) is 28.3 Å². The van der Waals surface area contributed by atoms with Gasteiger partial charge in [0.25, 0.3) is 5.56 Å².